The first kappa shape index (κ1) is 15.1. The molecule has 0 aliphatic heterocycles. The van der Waals surface area contributed by atoms with E-state index in [9.17, 15) is 0 Å². The van der Waals surface area contributed by atoms with E-state index < -0.39 is 0 Å². The van der Waals surface area contributed by atoms with Crippen LogP contribution in [0.5, 0.6) is 0 Å². The molecular formula is C16H22ClN3. The number of aromatic nitrogens is 2. The third kappa shape index (κ3) is 3.22. The van der Waals surface area contributed by atoms with Gasteiger partial charge in [0.25, 0.3) is 0 Å². The van der Waals surface area contributed by atoms with Crippen LogP contribution in [0.15, 0.2) is 30.6 Å². The molecule has 2 rings (SSSR count). The van der Waals surface area contributed by atoms with Crippen molar-refractivity contribution in [1.82, 2.24) is 14.9 Å². The number of likely N-dealkylation sites (N-methyl/N-ethyl adjacent to an activating group) is 1. The van der Waals surface area contributed by atoms with Crippen LogP contribution in [0, 0.1) is 6.92 Å². The number of hydrogen-bond donors (Lipinski definition) is 1. The van der Waals surface area contributed by atoms with Gasteiger partial charge in [0, 0.05) is 36.4 Å². The van der Waals surface area contributed by atoms with Crippen LogP contribution in [0.3, 0.4) is 0 Å². The second kappa shape index (κ2) is 6.91. The van der Waals surface area contributed by atoms with E-state index in [0.29, 0.717) is 0 Å². The van der Waals surface area contributed by atoms with Crippen LogP contribution in [-0.4, -0.2) is 16.6 Å². The largest absolute Gasteiger partial charge is 0.335 e. The van der Waals surface area contributed by atoms with Gasteiger partial charge in [0.2, 0.25) is 0 Å². The van der Waals surface area contributed by atoms with Crippen LogP contribution in [0.25, 0.3) is 0 Å². The Labute approximate surface area is 126 Å². The Kier molecular flexibility index (Phi) is 5.21. The van der Waals surface area contributed by atoms with Gasteiger partial charge in [-0.25, -0.2) is 4.98 Å². The molecule has 1 heterocycles. The molecule has 0 bridgehead atoms. The molecule has 1 aromatic heterocycles. The van der Waals surface area contributed by atoms with Gasteiger partial charge in [-0.2, -0.15) is 0 Å². The second-order valence-corrected chi connectivity index (χ2v) is 5.44. The van der Waals surface area contributed by atoms with Crippen LogP contribution < -0.4 is 5.32 Å². The molecule has 0 aliphatic rings. The molecule has 0 amide bonds. The molecule has 0 radical (unpaired) electrons. The Morgan fingerprint density at radius 1 is 1.40 bits per heavy atom. The molecule has 1 atom stereocenters. The van der Waals surface area contributed by atoms with E-state index in [2.05, 4.69) is 33.9 Å². The number of nitrogens with one attached hydrogen (secondary N) is 1. The van der Waals surface area contributed by atoms with Crippen LogP contribution in [0.2, 0.25) is 5.02 Å². The van der Waals surface area contributed by atoms with E-state index in [-0.39, 0.29) is 6.04 Å². The minimum absolute atomic E-state index is 0.181. The first-order valence-corrected chi connectivity index (χ1v) is 7.47. The molecule has 1 unspecified atom stereocenters. The van der Waals surface area contributed by atoms with Gasteiger partial charge in [0.15, 0.2) is 0 Å². The minimum atomic E-state index is 0.181. The summed E-state index contributed by atoms with van der Waals surface area (Å²) >= 11 is 6.44. The first-order valence-electron chi connectivity index (χ1n) is 7.09. The lowest BCUT2D eigenvalue weighted by molar-refractivity contribution is 0.543. The standard InChI is InChI=1S/C16H22ClN3/c1-4-9-20-10-8-19-15(20)11-14(18-3)13-7-5-6-12(2)16(13)17/h5-8,10,14,18H,4,9,11H2,1-3H3. The van der Waals surface area contributed by atoms with Crippen molar-refractivity contribution in [2.45, 2.75) is 39.3 Å². The molecule has 108 valence electrons. The quantitative estimate of drug-likeness (QED) is 0.878. The minimum Gasteiger partial charge on any atom is -0.335 e. The summed E-state index contributed by atoms with van der Waals surface area (Å²) in [6.45, 7) is 5.22. The lowest BCUT2D eigenvalue weighted by atomic mass is 10.0. The van der Waals surface area contributed by atoms with E-state index >= 15 is 0 Å². The summed E-state index contributed by atoms with van der Waals surface area (Å²) in [5.74, 6) is 1.10. The van der Waals surface area contributed by atoms with Gasteiger partial charge >= 0.3 is 0 Å². The average Bonchev–Trinajstić information content (AvgIpc) is 2.87. The molecule has 3 nitrogen and oxygen atoms in total. The maximum atomic E-state index is 6.44. The van der Waals surface area contributed by atoms with Crippen molar-refractivity contribution in [2.24, 2.45) is 0 Å². The Morgan fingerprint density at radius 3 is 2.90 bits per heavy atom. The molecule has 1 N–H and O–H groups in total. The van der Waals surface area contributed by atoms with Gasteiger partial charge < -0.3 is 9.88 Å². The average molecular weight is 292 g/mol. The number of benzene rings is 1. The molecule has 0 saturated heterocycles. The van der Waals surface area contributed by atoms with Crippen molar-refractivity contribution in [3.05, 3.63) is 52.6 Å². The van der Waals surface area contributed by atoms with Crippen LogP contribution in [0.1, 0.15) is 36.3 Å². The summed E-state index contributed by atoms with van der Waals surface area (Å²) in [4.78, 5) is 4.48. The highest BCUT2D eigenvalue weighted by Crippen LogP contribution is 2.28. The van der Waals surface area contributed by atoms with Gasteiger partial charge in [-0.1, -0.05) is 36.7 Å². The smallest absolute Gasteiger partial charge is 0.110 e. The third-order valence-electron chi connectivity index (χ3n) is 3.60. The van der Waals surface area contributed by atoms with Crippen molar-refractivity contribution in [3.8, 4) is 0 Å². The van der Waals surface area contributed by atoms with Crippen LogP contribution in [-0.2, 0) is 13.0 Å². The van der Waals surface area contributed by atoms with E-state index in [1.54, 1.807) is 0 Å². The first-order chi connectivity index (χ1) is 9.67. The van der Waals surface area contributed by atoms with Gasteiger partial charge in [0.1, 0.15) is 5.82 Å². The number of imidazole rings is 1. The van der Waals surface area contributed by atoms with Crippen molar-refractivity contribution >= 4 is 11.6 Å². The highest BCUT2D eigenvalue weighted by molar-refractivity contribution is 6.32. The fraction of sp³-hybridized carbons (Fsp3) is 0.438. The Morgan fingerprint density at radius 2 is 2.20 bits per heavy atom. The normalized spacial score (nSPS) is 12.6. The Hall–Kier alpha value is -1.32. The van der Waals surface area contributed by atoms with E-state index in [4.69, 9.17) is 11.6 Å². The van der Waals surface area contributed by atoms with Gasteiger partial charge in [0.05, 0.1) is 0 Å². The molecule has 0 aliphatic carbocycles. The summed E-state index contributed by atoms with van der Waals surface area (Å²) in [5.41, 5.74) is 2.25. The predicted molar refractivity (Wildman–Crippen MR) is 84.2 cm³/mol. The van der Waals surface area contributed by atoms with E-state index in [1.165, 1.54) is 0 Å². The fourth-order valence-electron chi connectivity index (χ4n) is 2.46. The number of halogens is 1. The highest BCUT2D eigenvalue weighted by Gasteiger charge is 2.17. The SMILES string of the molecule is CCCn1ccnc1CC(NC)c1cccc(C)c1Cl. The molecule has 0 spiro atoms. The highest BCUT2D eigenvalue weighted by atomic mass is 35.5. The Bertz CT molecular complexity index is 563. The zero-order valence-corrected chi connectivity index (χ0v) is 13.1. The maximum Gasteiger partial charge on any atom is 0.110 e. The number of aryl methyl sites for hydroxylation is 2. The molecule has 0 fully saturated rings. The summed E-state index contributed by atoms with van der Waals surface area (Å²) in [7, 11) is 1.97. The summed E-state index contributed by atoms with van der Waals surface area (Å²) in [6, 6.07) is 6.36. The van der Waals surface area contributed by atoms with Gasteiger partial charge in [-0.15, -0.1) is 0 Å². The number of rotatable bonds is 6. The molecular weight excluding hydrogens is 270 g/mol. The lowest BCUT2D eigenvalue weighted by Gasteiger charge is -2.19. The third-order valence-corrected chi connectivity index (χ3v) is 4.11. The zero-order valence-electron chi connectivity index (χ0n) is 12.4. The fourth-order valence-corrected chi connectivity index (χ4v) is 2.72. The molecule has 0 saturated carbocycles. The van der Waals surface area contributed by atoms with Crippen molar-refractivity contribution < 1.29 is 0 Å². The summed E-state index contributed by atoms with van der Waals surface area (Å²) < 4.78 is 2.22. The molecule has 2 aromatic rings. The van der Waals surface area contributed by atoms with Crippen molar-refractivity contribution in [2.75, 3.05) is 7.05 Å². The second-order valence-electron chi connectivity index (χ2n) is 5.06. The van der Waals surface area contributed by atoms with Crippen LogP contribution >= 0.6 is 11.6 Å². The van der Waals surface area contributed by atoms with Crippen molar-refractivity contribution in [3.63, 3.8) is 0 Å². The van der Waals surface area contributed by atoms with Crippen LogP contribution in [0.4, 0.5) is 0 Å². The topological polar surface area (TPSA) is 29.9 Å². The van der Waals surface area contributed by atoms with E-state index in [0.717, 1.165) is 41.4 Å². The zero-order chi connectivity index (χ0) is 14.5. The lowest BCUT2D eigenvalue weighted by Crippen LogP contribution is -2.21. The summed E-state index contributed by atoms with van der Waals surface area (Å²) in [6.07, 6.45) is 5.87. The molecule has 4 heteroatoms. The monoisotopic (exact) mass is 291 g/mol. The molecule has 20 heavy (non-hydrogen) atoms. The van der Waals surface area contributed by atoms with E-state index in [1.807, 2.05) is 32.4 Å². The predicted octanol–water partition coefficient (Wildman–Crippen LogP) is 3.76. The van der Waals surface area contributed by atoms with Crippen molar-refractivity contribution in [1.29, 1.82) is 0 Å². The molecule has 1 aromatic carbocycles. The maximum absolute atomic E-state index is 6.44. The number of hydrogen-bond acceptors (Lipinski definition) is 2. The Balaban J connectivity index is 2.24. The number of nitrogens with zero attached hydrogens (tertiary/aromatic N) is 2. The van der Waals surface area contributed by atoms with Gasteiger partial charge in [-0.05, 0) is 31.5 Å². The summed E-state index contributed by atoms with van der Waals surface area (Å²) in [5, 5.41) is 4.20. The van der Waals surface area contributed by atoms with Gasteiger partial charge in [-0.3, -0.25) is 0 Å².